The Balaban J connectivity index is 0.00000364. The normalized spacial score (nSPS) is 15.0. The molecule has 0 atom stereocenters. The van der Waals surface area contributed by atoms with E-state index in [2.05, 4.69) is 15.6 Å². The first kappa shape index (κ1) is 23.8. The third kappa shape index (κ3) is 8.55. The van der Waals surface area contributed by atoms with Gasteiger partial charge in [0.05, 0.1) is 20.3 Å². The van der Waals surface area contributed by atoms with Crippen LogP contribution in [-0.2, 0) is 11.3 Å². The molecule has 7 heteroatoms. The first-order valence-corrected chi connectivity index (χ1v) is 9.54. The van der Waals surface area contributed by atoms with Gasteiger partial charge in [0.25, 0.3) is 0 Å². The van der Waals surface area contributed by atoms with Crippen LogP contribution in [-0.4, -0.2) is 46.5 Å². The van der Waals surface area contributed by atoms with Gasteiger partial charge >= 0.3 is 0 Å². The van der Waals surface area contributed by atoms with E-state index in [1.54, 1.807) is 21.3 Å². The van der Waals surface area contributed by atoms with Gasteiger partial charge in [-0.05, 0) is 37.0 Å². The van der Waals surface area contributed by atoms with Crippen molar-refractivity contribution in [2.45, 2.75) is 51.2 Å². The van der Waals surface area contributed by atoms with Crippen molar-refractivity contribution in [1.82, 2.24) is 10.6 Å². The molecule has 0 saturated heterocycles. The Kier molecular flexibility index (Phi) is 12.2. The molecule has 0 heterocycles. The molecule has 1 fully saturated rings. The van der Waals surface area contributed by atoms with Crippen LogP contribution in [0.4, 0.5) is 0 Å². The van der Waals surface area contributed by atoms with Crippen LogP contribution in [0.5, 0.6) is 11.5 Å². The summed E-state index contributed by atoms with van der Waals surface area (Å²) >= 11 is 0. The summed E-state index contributed by atoms with van der Waals surface area (Å²) in [6.45, 7) is 2.32. The monoisotopic (exact) mass is 491 g/mol. The lowest BCUT2D eigenvalue weighted by atomic mass is 9.98. The molecule has 2 rings (SSSR count). The molecule has 0 aromatic heterocycles. The summed E-state index contributed by atoms with van der Waals surface area (Å²) in [4.78, 5) is 4.26. The van der Waals surface area contributed by atoms with Gasteiger partial charge in [0.15, 0.2) is 17.5 Å². The van der Waals surface area contributed by atoms with Gasteiger partial charge in [0.1, 0.15) is 0 Å². The van der Waals surface area contributed by atoms with E-state index in [1.807, 2.05) is 18.2 Å². The van der Waals surface area contributed by atoms with Gasteiger partial charge in [-0.1, -0.05) is 25.3 Å². The van der Waals surface area contributed by atoms with Crippen LogP contribution < -0.4 is 20.1 Å². The van der Waals surface area contributed by atoms with Gasteiger partial charge in [0.2, 0.25) is 0 Å². The van der Waals surface area contributed by atoms with E-state index in [-0.39, 0.29) is 24.0 Å². The molecule has 6 nitrogen and oxygen atoms in total. The number of nitrogens with one attached hydrogen (secondary N) is 2. The third-order valence-electron chi connectivity index (χ3n) is 4.65. The fourth-order valence-corrected chi connectivity index (χ4v) is 3.16. The lowest BCUT2D eigenvalue weighted by Crippen LogP contribution is -2.37. The second kappa shape index (κ2) is 13.9. The van der Waals surface area contributed by atoms with Crippen molar-refractivity contribution in [2.75, 3.05) is 34.4 Å². The summed E-state index contributed by atoms with van der Waals surface area (Å²) in [7, 11) is 5.06. The summed E-state index contributed by atoms with van der Waals surface area (Å²) in [5.41, 5.74) is 1.10. The summed E-state index contributed by atoms with van der Waals surface area (Å²) in [5.74, 6) is 2.25. The number of aliphatic imine (C=N–C) groups is 1. The van der Waals surface area contributed by atoms with Crippen molar-refractivity contribution in [2.24, 2.45) is 4.99 Å². The lowest BCUT2D eigenvalue weighted by molar-refractivity contribution is 0.0277. The molecule has 1 aromatic rings. The molecule has 1 aromatic carbocycles. The Hall–Kier alpha value is -1.22. The van der Waals surface area contributed by atoms with E-state index < -0.39 is 0 Å². The number of halogens is 1. The number of nitrogens with zero attached hydrogens (tertiary/aromatic N) is 1. The standard InChI is InChI=1S/C20H33N3O3.HI/c1-21-20(22-12-7-13-26-17-8-5-4-6-9-17)23-15-16-10-11-18(24-2)19(14-16)25-3;/h10-11,14,17H,4-9,12-13,15H2,1-3H3,(H2,21,22,23);1H. The van der Waals surface area contributed by atoms with E-state index in [9.17, 15) is 0 Å². The molecule has 154 valence electrons. The van der Waals surface area contributed by atoms with Gasteiger partial charge in [-0.25, -0.2) is 0 Å². The van der Waals surface area contributed by atoms with Crippen molar-refractivity contribution in [3.8, 4) is 11.5 Å². The Morgan fingerprint density at radius 3 is 2.48 bits per heavy atom. The van der Waals surface area contributed by atoms with Crippen molar-refractivity contribution in [3.63, 3.8) is 0 Å². The molecular weight excluding hydrogens is 457 g/mol. The Morgan fingerprint density at radius 2 is 1.81 bits per heavy atom. The van der Waals surface area contributed by atoms with Crippen molar-refractivity contribution >= 4 is 29.9 Å². The Morgan fingerprint density at radius 1 is 1.07 bits per heavy atom. The van der Waals surface area contributed by atoms with Crippen molar-refractivity contribution in [3.05, 3.63) is 23.8 Å². The number of methoxy groups -OCH3 is 2. The summed E-state index contributed by atoms with van der Waals surface area (Å²) < 4.78 is 16.6. The van der Waals surface area contributed by atoms with Gasteiger partial charge in [-0.3, -0.25) is 4.99 Å². The predicted molar refractivity (Wildman–Crippen MR) is 121 cm³/mol. The van der Waals surface area contributed by atoms with E-state index in [0.29, 0.717) is 12.6 Å². The second-order valence-electron chi connectivity index (χ2n) is 6.53. The zero-order valence-corrected chi connectivity index (χ0v) is 19.1. The number of ether oxygens (including phenoxy) is 3. The molecule has 0 radical (unpaired) electrons. The first-order valence-electron chi connectivity index (χ1n) is 9.54. The van der Waals surface area contributed by atoms with E-state index in [4.69, 9.17) is 14.2 Å². The quantitative estimate of drug-likeness (QED) is 0.239. The number of hydrogen-bond donors (Lipinski definition) is 2. The van der Waals surface area contributed by atoms with Gasteiger partial charge in [0, 0.05) is 26.7 Å². The molecule has 0 spiro atoms. The van der Waals surface area contributed by atoms with Crippen LogP contribution >= 0.6 is 24.0 Å². The first-order chi connectivity index (χ1) is 12.8. The maximum atomic E-state index is 5.95. The molecule has 0 unspecified atom stereocenters. The lowest BCUT2D eigenvalue weighted by Gasteiger charge is -2.22. The molecule has 0 aliphatic heterocycles. The molecular formula is C20H34IN3O3. The smallest absolute Gasteiger partial charge is 0.191 e. The zero-order valence-electron chi connectivity index (χ0n) is 16.8. The van der Waals surface area contributed by atoms with Crippen molar-refractivity contribution < 1.29 is 14.2 Å². The number of hydrogen-bond acceptors (Lipinski definition) is 4. The van der Waals surface area contributed by atoms with E-state index >= 15 is 0 Å². The highest BCUT2D eigenvalue weighted by atomic mass is 127. The summed E-state index contributed by atoms with van der Waals surface area (Å²) in [5, 5.41) is 6.65. The average molecular weight is 491 g/mol. The minimum atomic E-state index is 0. The average Bonchev–Trinajstić information content (AvgIpc) is 2.70. The van der Waals surface area contributed by atoms with Crippen LogP contribution in [0.15, 0.2) is 23.2 Å². The van der Waals surface area contributed by atoms with Crippen LogP contribution in [0, 0.1) is 0 Å². The maximum absolute atomic E-state index is 5.95. The fourth-order valence-electron chi connectivity index (χ4n) is 3.16. The second-order valence-corrected chi connectivity index (χ2v) is 6.53. The van der Waals surface area contributed by atoms with Crippen LogP contribution in [0.2, 0.25) is 0 Å². The largest absolute Gasteiger partial charge is 0.493 e. The molecule has 2 N–H and O–H groups in total. The third-order valence-corrected chi connectivity index (χ3v) is 4.65. The van der Waals surface area contributed by atoms with Crippen LogP contribution in [0.3, 0.4) is 0 Å². The Labute approximate surface area is 180 Å². The molecule has 0 amide bonds. The van der Waals surface area contributed by atoms with Crippen molar-refractivity contribution in [1.29, 1.82) is 0 Å². The van der Waals surface area contributed by atoms with E-state index in [1.165, 1.54) is 32.1 Å². The highest BCUT2D eigenvalue weighted by Gasteiger charge is 2.13. The van der Waals surface area contributed by atoms with Gasteiger partial charge < -0.3 is 24.8 Å². The van der Waals surface area contributed by atoms with Gasteiger partial charge in [-0.15, -0.1) is 24.0 Å². The molecule has 1 saturated carbocycles. The zero-order chi connectivity index (χ0) is 18.6. The number of benzene rings is 1. The predicted octanol–water partition coefficient (Wildman–Crippen LogP) is 3.73. The number of guanidine groups is 1. The van der Waals surface area contributed by atoms with Gasteiger partial charge in [-0.2, -0.15) is 0 Å². The SMILES string of the molecule is CN=C(NCCCOC1CCCCC1)NCc1ccc(OC)c(OC)c1.I. The molecule has 0 bridgehead atoms. The number of rotatable bonds is 9. The minimum Gasteiger partial charge on any atom is -0.493 e. The summed E-state index contributed by atoms with van der Waals surface area (Å²) in [6.07, 6.45) is 7.90. The highest BCUT2D eigenvalue weighted by Crippen LogP contribution is 2.27. The molecule has 1 aliphatic carbocycles. The fraction of sp³-hybridized carbons (Fsp3) is 0.650. The minimum absolute atomic E-state index is 0. The Bertz CT molecular complexity index is 563. The van der Waals surface area contributed by atoms with Crippen LogP contribution in [0.25, 0.3) is 0 Å². The van der Waals surface area contributed by atoms with Crippen LogP contribution in [0.1, 0.15) is 44.1 Å². The summed E-state index contributed by atoms with van der Waals surface area (Å²) in [6, 6.07) is 5.89. The highest BCUT2D eigenvalue weighted by molar-refractivity contribution is 14.0. The van der Waals surface area contributed by atoms with E-state index in [0.717, 1.165) is 42.6 Å². The molecule has 1 aliphatic rings. The molecule has 27 heavy (non-hydrogen) atoms. The maximum Gasteiger partial charge on any atom is 0.191 e. The topological polar surface area (TPSA) is 64.1 Å².